The van der Waals surface area contributed by atoms with Crippen LogP contribution in [0.4, 0.5) is 0 Å². The average Bonchev–Trinajstić information content (AvgIpc) is 3.06. The molecule has 1 aliphatic heterocycles. The maximum atomic E-state index is 12.7. The highest BCUT2D eigenvalue weighted by atomic mass is 16.7. The van der Waals surface area contributed by atoms with Crippen molar-refractivity contribution in [1.29, 1.82) is 0 Å². The van der Waals surface area contributed by atoms with Crippen molar-refractivity contribution in [2.75, 3.05) is 6.61 Å². The first kappa shape index (κ1) is 19.4. The number of rotatable bonds is 4. The third-order valence-electron chi connectivity index (χ3n) is 5.17. The monoisotopic (exact) mass is 384 g/mol. The first-order valence-corrected chi connectivity index (χ1v) is 10.1. The molecule has 2 aromatic carbocycles. The van der Waals surface area contributed by atoms with Gasteiger partial charge in [-0.2, -0.15) is 0 Å². The zero-order chi connectivity index (χ0) is 19.9. The number of carbonyl (C=O) groups is 1. The molecular weight excluding hydrogens is 360 g/mol. The molecule has 1 aliphatic carbocycles. The summed E-state index contributed by atoms with van der Waals surface area (Å²) in [5, 5.41) is 0. The van der Waals surface area contributed by atoms with Crippen LogP contribution in [-0.2, 0) is 14.3 Å². The van der Waals surface area contributed by atoms with Gasteiger partial charge in [-0.25, -0.2) is 0 Å². The molecule has 0 N–H and O–H groups in total. The SMILES string of the molecule is O=C1C=CC(CC#Cc2ccccc2)(OC2CCCCO2)/C1=C/c1ccccc1. The van der Waals surface area contributed by atoms with E-state index < -0.39 is 5.60 Å². The van der Waals surface area contributed by atoms with Crippen LogP contribution in [0.25, 0.3) is 6.08 Å². The third-order valence-corrected chi connectivity index (χ3v) is 5.17. The Labute approximate surface area is 172 Å². The second-order valence-corrected chi connectivity index (χ2v) is 7.31. The molecule has 0 aromatic heterocycles. The highest BCUT2D eigenvalue weighted by Crippen LogP contribution is 2.37. The van der Waals surface area contributed by atoms with E-state index in [0.717, 1.165) is 30.4 Å². The van der Waals surface area contributed by atoms with Crippen molar-refractivity contribution in [3.8, 4) is 11.8 Å². The van der Waals surface area contributed by atoms with Gasteiger partial charge in [0.1, 0.15) is 5.60 Å². The fourth-order valence-corrected chi connectivity index (χ4v) is 3.64. The predicted molar refractivity (Wildman–Crippen MR) is 114 cm³/mol. The summed E-state index contributed by atoms with van der Waals surface area (Å²) in [7, 11) is 0. The smallest absolute Gasteiger partial charge is 0.184 e. The van der Waals surface area contributed by atoms with Gasteiger partial charge < -0.3 is 9.47 Å². The molecule has 0 radical (unpaired) electrons. The molecule has 0 saturated carbocycles. The summed E-state index contributed by atoms with van der Waals surface area (Å²) in [6.45, 7) is 0.686. The molecule has 0 spiro atoms. The standard InChI is InChI=1S/C26H24O3/c27-24-16-18-26(29-25-15-7-8-19-28-25,17-9-14-21-10-3-1-4-11-21)23(24)20-22-12-5-2-6-13-22/h1-6,10-13,16,18,20,25H,7-8,15,17,19H2/b23-20+. The van der Waals surface area contributed by atoms with Gasteiger partial charge in [0.15, 0.2) is 12.1 Å². The number of carbonyl (C=O) groups excluding carboxylic acids is 1. The summed E-state index contributed by atoms with van der Waals surface area (Å²) in [5.41, 5.74) is 1.63. The molecule has 3 nitrogen and oxygen atoms in total. The Morgan fingerprint density at radius 2 is 1.83 bits per heavy atom. The molecular formula is C26H24O3. The second kappa shape index (κ2) is 9.05. The van der Waals surface area contributed by atoms with E-state index in [-0.39, 0.29) is 12.1 Å². The zero-order valence-corrected chi connectivity index (χ0v) is 16.3. The normalized spacial score (nSPS) is 25.0. The molecule has 29 heavy (non-hydrogen) atoms. The van der Waals surface area contributed by atoms with Gasteiger partial charge in [0.25, 0.3) is 0 Å². The van der Waals surface area contributed by atoms with E-state index in [4.69, 9.17) is 9.47 Å². The molecule has 2 unspecified atom stereocenters. The van der Waals surface area contributed by atoms with Gasteiger partial charge >= 0.3 is 0 Å². The van der Waals surface area contributed by atoms with E-state index >= 15 is 0 Å². The van der Waals surface area contributed by atoms with Crippen LogP contribution in [0.5, 0.6) is 0 Å². The molecule has 1 heterocycles. The molecule has 2 aliphatic rings. The first-order valence-electron chi connectivity index (χ1n) is 10.1. The Balaban J connectivity index is 1.66. The van der Waals surface area contributed by atoms with Crippen LogP contribution in [0.15, 0.2) is 78.4 Å². The van der Waals surface area contributed by atoms with Crippen LogP contribution in [-0.4, -0.2) is 24.3 Å². The van der Waals surface area contributed by atoms with Gasteiger partial charge in [0.2, 0.25) is 0 Å². The van der Waals surface area contributed by atoms with Crippen LogP contribution in [0.1, 0.15) is 36.8 Å². The van der Waals surface area contributed by atoms with Crippen molar-refractivity contribution in [2.45, 2.75) is 37.6 Å². The molecule has 0 amide bonds. The molecule has 0 bridgehead atoms. The predicted octanol–water partition coefficient (Wildman–Crippen LogP) is 4.93. The van der Waals surface area contributed by atoms with Gasteiger partial charge in [-0.15, -0.1) is 0 Å². The molecule has 1 fully saturated rings. The van der Waals surface area contributed by atoms with E-state index in [2.05, 4.69) is 11.8 Å². The topological polar surface area (TPSA) is 35.5 Å². The Bertz CT molecular complexity index is 957. The molecule has 1 saturated heterocycles. The van der Waals surface area contributed by atoms with Gasteiger partial charge in [-0.05, 0) is 55.2 Å². The van der Waals surface area contributed by atoms with Gasteiger partial charge in [-0.3, -0.25) is 4.79 Å². The Hall–Kier alpha value is -2.93. The average molecular weight is 384 g/mol. The minimum absolute atomic E-state index is 0.0360. The van der Waals surface area contributed by atoms with Crippen LogP contribution in [0.2, 0.25) is 0 Å². The Morgan fingerprint density at radius 1 is 1.07 bits per heavy atom. The summed E-state index contributed by atoms with van der Waals surface area (Å²) < 4.78 is 12.3. The second-order valence-electron chi connectivity index (χ2n) is 7.31. The van der Waals surface area contributed by atoms with Crippen molar-refractivity contribution in [2.24, 2.45) is 0 Å². The third kappa shape index (κ3) is 4.74. The maximum absolute atomic E-state index is 12.7. The summed E-state index contributed by atoms with van der Waals surface area (Å²) in [6, 6.07) is 19.7. The quantitative estimate of drug-likeness (QED) is 0.554. The van der Waals surface area contributed by atoms with Crippen molar-refractivity contribution >= 4 is 11.9 Å². The molecule has 2 atom stereocenters. The van der Waals surface area contributed by atoms with Gasteiger partial charge in [-0.1, -0.05) is 60.4 Å². The van der Waals surface area contributed by atoms with Gasteiger partial charge in [0, 0.05) is 24.2 Å². The summed E-state index contributed by atoms with van der Waals surface area (Å²) >= 11 is 0. The summed E-state index contributed by atoms with van der Waals surface area (Å²) in [4.78, 5) is 12.7. The van der Waals surface area contributed by atoms with Crippen molar-refractivity contribution < 1.29 is 14.3 Å². The minimum atomic E-state index is -0.892. The van der Waals surface area contributed by atoms with E-state index in [0.29, 0.717) is 18.6 Å². The number of hydrogen-bond acceptors (Lipinski definition) is 3. The highest BCUT2D eigenvalue weighted by molar-refractivity contribution is 6.12. The summed E-state index contributed by atoms with van der Waals surface area (Å²) in [6.07, 6.45) is 8.36. The number of ketones is 1. The fourth-order valence-electron chi connectivity index (χ4n) is 3.64. The Kier molecular flexibility index (Phi) is 6.05. The Morgan fingerprint density at radius 3 is 2.55 bits per heavy atom. The number of allylic oxidation sites excluding steroid dienone is 1. The highest BCUT2D eigenvalue weighted by Gasteiger charge is 2.42. The van der Waals surface area contributed by atoms with Crippen molar-refractivity contribution in [3.63, 3.8) is 0 Å². The number of hydrogen-bond donors (Lipinski definition) is 0. The van der Waals surface area contributed by atoms with E-state index in [1.807, 2.05) is 72.8 Å². The van der Waals surface area contributed by atoms with E-state index in [1.54, 1.807) is 6.08 Å². The van der Waals surface area contributed by atoms with Crippen molar-refractivity contribution in [1.82, 2.24) is 0 Å². The largest absolute Gasteiger partial charge is 0.353 e. The van der Waals surface area contributed by atoms with E-state index in [1.165, 1.54) is 0 Å². The fraction of sp³-hybridized carbons (Fsp3) is 0.269. The summed E-state index contributed by atoms with van der Waals surface area (Å²) in [5.74, 6) is 6.39. The first-order chi connectivity index (χ1) is 14.3. The lowest BCUT2D eigenvalue weighted by molar-refractivity contribution is -0.199. The van der Waals surface area contributed by atoms with Crippen LogP contribution >= 0.6 is 0 Å². The molecule has 3 heteroatoms. The zero-order valence-electron chi connectivity index (χ0n) is 16.3. The van der Waals surface area contributed by atoms with Crippen LogP contribution in [0, 0.1) is 11.8 Å². The maximum Gasteiger partial charge on any atom is 0.184 e. The lowest BCUT2D eigenvalue weighted by atomic mass is 9.90. The minimum Gasteiger partial charge on any atom is -0.353 e. The molecule has 146 valence electrons. The lowest BCUT2D eigenvalue weighted by Gasteiger charge is -2.34. The number of benzene rings is 2. The van der Waals surface area contributed by atoms with Gasteiger partial charge in [0.05, 0.1) is 0 Å². The van der Waals surface area contributed by atoms with Crippen LogP contribution in [0.3, 0.4) is 0 Å². The van der Waals surface area contributed by atoms with Crippen LogP contribution < -0.4 is 0 Å². The lowest BCUT2D eigenvalue weighted by Crippen LogP contribution is -2.38. The van der Waals surface area contributed by atoms with Crippen molar-refractivity contribution in [3.05, 3.63) is 89.5 Å². The number of ether oxygens (including phenoxy) is 2. The van der Waals surface area contributed by atoms with E-state index in [9.17, 15) is 4.79 Å². The molecule has 2 aromatic rings. The molecule has 4 rings (SSSR count).